The zero-order valence-corrected chi connectivity index (χ0v) is 19.8. The van der Waals surface area contributed by atoms with Crippen molar-refractivity contribution >= 4 is 28.7 Å². The SMILES string of the molecule is Cc1ccc(-n2cccc2[C@@H]2[C@@H](c3ccccn3)NC(=S)N2c2ccc(N(C)C)cc2)cc1. The third-order valence-electron chi connectivity index (χ3n) is 6.14. The lowest BCUT2D eigenvalue weighted by Gasteiger charge is -2.29. The second-order valence-electron chi connectivity index (χ2n) is 8.55. The van der Waals surface area contributed by atoms with Gasteiger partial charge in [0.1, 0.15) is 6.04 Å². The third-order valence-corrected chi connectivity index (χ3v) is 6.45. The van der Waals surface area contributed by atoms with Crippen molar-refractivity contribution in [2.75, 3.05) is 23.9 Å². The summed E-state index contributed by atoms with van der Waals surface area (Å²) in [7, 11) is 4.09. The van der Waals surface area contributed by atoms with E-state index in [4.69, 9.17) is 12.2 Å². The van der Waals surface area contributed by atoms with Crippen molar-refractivity contribution in [2.24, 2.45) is 0 Å². The molecule has 5 nitrogen and oxygen atoms in total. The number of aryl methyl sites for hydroxylation is 1. The monoisotopic (exact) mass is 453 g/mol. The first-order chi connectivity index (χ1) is 16.0. The Morgan fingerprint density at radius 1 is 0.879 bits per heavy atom. The second-order valence-corrected chi connectivity index (χ2v) is 8.93. The van der Waals surface area contributed by atoms with E-state index in [9.17, 15) is 0 Å². The standard InChI is InChI=1S/C27H27N5S/c1-19-9-11-21(12-10-19)31-18-6-8-24(31)26-25(23-7-4-5-17-28-23)29-27(33)32(26)22-15-13-20(14-16-22)30(2)3/h4-18,25-26H,1-3H3,(H,29,33)/t25-,26-/m1/s1. The average molecular weight is 454 g/mol. The average Bonchev–Trinajstić information content (AvgIpc) is 3.44. The van der Waals surface area contributed by atoms with Crippen molar-refractivity contribution in [1.82, 2.24) is 14.9 Å². The van der Waals surface area contributed by atoms with Crippen LogP contribution < -0.4 is 15.1 Å². The minimum absolute atomic E-state index is 0.0612. The number of hydrogen-bond donors (Lipinski definition) is 1. The van der Waals surface area contributed by atoms with Gasteiger partial charge in [-0.2, -0.15) is 0 Å². The lowest BCUT2D eigenvalue weighted by Crippen LogP contribution is -2.30. The predicted molar refractivity (Wildman–Crippen MR) is 139 cm³/mol. The molecule has 1 aliphatic rings. The van der Waals surface area contributed by atoms with E-state index in [1.54, 1.807) is 0 Å². The molecule has 3 heterocycles. The minimum atomic E-state index is -0.0775. The first-order valence-corrected chi connectivity index (χ1v) is 11.5. The lowest BCUT2D eigenvalue weighted by atomic mass is 10.0. The van der Waals surface area contributed by atoms with Crippen LogP contribution in [0.1, 0.15) is 29.0 Å². The van der Waals surface area contributed by atoms with Gasteiger partial charge in [0.25, 0.3) is 0 Å². The Kier molecular flexibility index (Phi) is 5.60. The van der Waals surface area contributed by atoms with Crippen LogP contribution in [0.15, 0.2) is 91.3 Å². The first kappa shape index (κ1) is 21.2. The zero-order chi connectivity index (χ0) is 22.9. The van der Waals surface area contributed by atoms with Crippen LogP contribution >= 0.6 is 12.2 Å². The Morgan fingerprint density at radius 2 is 1.61 bits per heavy atom. The molecule has 0 amide bonds. The van der Waals surface area contributed by atoms with Crippen LogP contribution in [-0.4, -0.2) is 28.8 Å². The first-order valence-electron chi connectivity index (χ1n) is 11.1. The molecular formula is C27H27N5S. The predicted octanol–water partition coefficient (Wildman–Crippen LogP) is 5.42. The Labute approximate surface area is 200 Å². The maximum absolute atomic E-state index is 5.88. The van der Waals surface area contributed by atoms with Crippen LogP contribution in [0.25, 0.3) is 5.69 Å². The van der Waals surface area contributed by atoms with Crippen molar-refractivity contribution in [3.05, 3.63) is 108 Å². The smallest absolute Gasteiger partial charge is 0.174 e. The molecule has 0 unspecified atom stereocenters. The van der Waals surface area contributed by atoms with Crippen LogP contribution in [0, 0.1) is 6.92 Å². The van der Waals surface area contributed by atoms with Gasteiger partial charge in [0.05, 0.1) is 11.7 Å². The van der Waals surface area contributed by atoms with Gasteiger partial charge in [-0.05, 0) is 79.8 Å². The fourth-order valence-corrected chi connectivity index (χ4v) is 4.77. The molecule has 1 saturated heterocycles. The quantitative estimate of drug-likeness (QED) is 0.408. The largest absolute Gasteiger partial charge is 0.378 e. The number of aromatic nitrogens is 2. The van der Waals surface area contributed by atoms with E-state index in [2.05, 4.69) is 105 Å². The number of hydrogen-bond acceptors (Lipinski definition) is 3. The minimum Gasteiger partial charge on any atom is -0.378 e. The van der Waals surface area contributed by atoms with E-state index in [1.165, 1.54) is 5.56 Å². The third kappa shape index (κ3) is 3.98. The molecule has 2 aromatic carbocycles. The summed E-state index contributed by atoms with van der Waals surface area (Å²) in [4.78, 5) is 8.98. The van der Waals surface area contributed by atoms with Gasteiger partial charge < -0.3 is 19.7 Å². The Morgan fingerprint density at radius 3 is 2.27 bits per heavy atom. The van der Waals surface area contributed by atoms with Gasteiger partial charge in [-0.3, -0.25) is 4.98 Å². The van der Waals surface area contributed by atoms with Crippen molar-refractivity contribution in [2.45, 2.75) is 19.0 Å². The van der Waals surface area contributed by atoms with Crippen LogP contribution in [0.2, 0.25) is 0 Å². The molecule has 0 spiro atoms. The summed E-state index contributed by atoms with van der Waals surface area (Å²) in [6, 6.07) is 27.3. The lowest BCUT2D eigenvalue weighted by molar-refractivity contribution is 0.549. The van der Waals surface area contributed by atoms with Crippen molar-refractivity contribution in [1.29, 1.82) is 0 Å². The number of rotatable bonds is 5. The number of nitrogens with one attached hydrogen (secondary N) is 1. The highest BCUT2D eigenvalue weighted by molar-refractivity contribution is 7.80. The summed E-state index contributed by atoms with van der Waals surface area (Å²) in [5.74, 6) is 0. The van der Waals surface area contributed by atoms with Gasteiger partial charge >= 0.3 is 0 Å². The van der Waals surface area contributed by atoms with Crippen LogP contribution in [0.4, 0.5) is 11.4 Å². The fraction of sp³-hybridized carbons (Fsp3) is 0.185. The zero-order valence-electron chi connectivity index (χ0n) is 19.0. The number of nitrogens with zero attached hydrogens (tertiary/aromatic N) is 4. The van der Waals surface area contributed by atoms with Gasteiger partial charge in [0.15, 0.2) is 5.11 Å². The molecule has 5 rings (SSSR count). The molecule has 6 heteroatoms. The number of benzene rings is 2. The highest BCUT2D eigenvalue weighted by atomic mass is 32.1. The van der Waals surface area contributed by atoms with E-state index >= 15 is 0 Å². The fourth-order valence-electron chi connectivity index (χ4n) is 4.42. The normalized spacial score (nSPS) is 17.8. The summed E-state index contributed by atoms with van der Waals surface area (Å²) >= 11 is 5.88. The summed E-state index contributed by atoms with van der Waals surface area (Å²) in [5.41, 5.74) is 6.69. The van der Waals surface area contributed by atoms with Gasteiger partial charge in [-0.15, -0.1) is 0 Å². The van der Waals surface area contributed by atoms with Gasteiger partial charge in [0, 0.05) is 49.2 Å². The van der Waals surface area contributed by atoms with Crippen LogP contribution in [0.5, 0.6) is 0 Å². The summed E-state index contributed by atoms with van der Waals surface area (Å²) < 4.78 is 2.25. The molecule has 166 valence electrons. The topological polar surface area (TPSA) is 36.3 Å². The van der Waals surface area contributed by atoms with Crippen LogP contribution in [0.3, 0.4) is 0 Å². The molecule has 0 saturated carbocycles. The summed E-state index contributed by atoms with van der Waals surface area (Å²) in [6.45, 7) is 2.11. The molecule has 0 aliphatic carbocycles. The van der Waals surface area contributed by atoms with E-state index < -0.39 is 0 Å². The van der Waals surface area contributed by atoms with Gasteiger partial charge in [0.2, 0.25) is 0 Å². The molecule has 4 aromatic rings. The van der Waals surface area contributed by atoms with Crippen molar-refractivity contribution < 1.29 is 0 Å². The molecule has 1 fully saturated rings. The highest BCUT2D eigenvalue weighted by Crippen LogP contribution is 2.42. The summed E-state index contributed by atoms with van der Waals surface area (Å²) in [6.07, 6.45) is 3.95. The Hall–Kier alpha value is -3.64. The molecule has 0 bridgehead atoms. The van der Waals surface area contributed by atoms with E-state index in [0.717, 1.165) is 28.5 Å². The van der Waals surface area contributed by atoms with Gasteiger partial charge in [-0.25, -0.2) is 0 Å². The molecular weight excluding hydrogens is 426 g/mol. The molecule has 33 heavy (non-hydrogen) atoms. The van der Waals surface area contributed by atoms with Crippen molar-refractivity contribution in [3.63, 3.8) is 0 Å². The van der Waals surface area contributed by atoms with E-state index in [-0.39, 0.29) is 12.1 Å². The number of thiocarbonyl (C=S) groups is 1. The molecule has 2 aromatic heterocycles. The molecule has 0 radical (unpaired) electrons. The number of anilines is 2. The van der Waals surface area contributed by atoms with Crippen molar-refractivity contribution in [3.8, 4) is 5.69 Å². The highest BCUT2D eigenvalue weighted by Gasteiger charge is 2.42. The Balaban J connectivity index is 1.63. The molecule has 2 atom stereocenters. The second kappa shape index (κ2) is 8.71. The van der Waals surface area contributed by atoms with Gasteiger partial charge in [-0.1, -0.05) is 23.8 Å². The summed E-state index contributed by atoms with van der Waals surface area (Å²) in [5, 5.41) is 4.25. The van der Waals surface area contributed by atoms with E-state index in [0.29, 0.717) is 5.11 Å². The van der Waals surface area contributed by atoms with E-state index in [1.807, 2.05) is 32.4 Å². The Bertz CT molecular complexity index is 1250. The van der Waals surface area contributed by atoms with Crippen LogP contribution in [-0.2, 0) is 0 Å². The maximum atomic E-state index is 5.88. The maximum Gasteiger partial charge on any atom is 0.174 e. The number of pyridine rings is 1. The molecule has 1 aliphatic heterocycles. The molecule has 1 N–H and O–H groups in total.